The van der Waals surface area contributed by atoms with Crippen molar-refractivity contribution in [2.45, 2.75) is 32.1 Å². The number of thiazole rings is 1. The molecule has 2 aromatic heterocycles. The van der Waals surface area contributed by atoms with Crippen molar-refractivity contribution in [1.29, 1.82) is 0 Å². The maximum absolute atomic E-state index is 12.4. The van der Waals surface area contributed by atoms with Crippen LogP contribution in [0.25, 0.3) is 0 Å². The lowest BCUT2D eigenvalue weighted by Crippen LogP contribution is -2.49. The number of aromatic nitrogens is 1. The highest BCUT2D eigenvalue weighted by molar-refractivity contribution is 7.16. The lowest BCUT2D eigenvalue weighted by molar-refractivity contribution is -0.0742. The number of amides is 1. The molecule has 0 saturated carbocycles. The first kappa shape index (κ1) is 17.2. The minimum absolute atomic E-state index is 0.0328. The Kier molecular flexibility index (Phi) is 5.72. The van der Waals surface area contributed by atoms with Gasteiger partial charge in [0.2, 0.25) is 0 Å². The molecule has 128 valence electrons. The van der Waals surface area contributed by atoms with Crippen LogP contribution in [-0.2, 0) is 16.1 Å². The Balaban J connectivity index is 1.60. The second kappa shape index (κ2) is 7.98. The van der Waals surface area contributed by atoms with Crippen LogP contribution >= 0.6 is 22.7 Å². The van der Waals surface area contributed by atoms with Crippen molar-refractivity contribution in [3.63, 3.8) is 0 Å². The summed E-state index contributed by atoms with van der Waals surface area (Å²) in [5, 5.41) is 4.94. The number of hydrogen-bond acceptors (Lipinski definition) is 7. The monoisotopic (exact) mass is 366 g/mol. The van der Waals surface area contributed by atoms with Crippen LogP contribution in [0.15, 0.2) is 23.0 Å². The fourth-order valence-electron chi connectivity index (χ4n) is 2.43. The Morgan fingerprint density at radius 1 is 1.42 bits per heavy atom. The second-order valence-electron chi connectivity index (χ2n) is 5.49. The lowest BCUT2D eigenvalue weighted by Gasteiger charge is -2.31. The molecule has 2 aromatic rings. The molecule has 8 heteroatoms. The summed E-state index contributed by atoms with van der Waals surface area (Å²) in [7, 11) is 0. The van der Waals surface area contributed by atoms with Gasteiger partial charge in [-0.15, -0.1) is 22.7 Å². The van der Waals surface area contributed by atoms with Crippen molar-refractivity contribution in [2.24, 2.45) is 0 Å². The van der Waals surface area contributed by atoms with E-state index in [0.29, 0.717) is 36.0 Å². The Morgan fingerprint density at radius 2 is 2.25 bits per heavy atom. The molecule has 1 aliphatic rings. The maximum Gasteiger partial charge on any atom is 0.261 e. The molecule has 0 spiro atoms. The largest absolute Gasteiger partial charge is 0.379 e. The summed E-state index contributed by atoms with van der Waals surface area (Å²) in [5.41, 5.74) is 2.64. The molecule has 0 bridgehead atoms. The van der Waals surface area contributed by atoms with Crippen LogP contribution < -0.4 is 5.32 Å². The summed E-state index contributed by atoms with van der Waals surface area (Å²) in [6.07, 6.45) is 0.481. The van der Waals surface area contributed by atoms with Crippen molar-refractivity contribution in [3.8, 4) is 0 Å². The number of nitrogens with one attached hydrogen (secondary N) is 1. The predicted molar refractivity (Wildman–Crippen MR) is 91.7 cm³/mol. The fourth-order valence-corrected chi connectivity index (χ4v) is 3.78. The Hall–Kier alpha value is -1.61. The number of hydrogen-bond donors (Lipinski definition) is 1. The molecule has 2 atom stereocenters. The molecule has 1 fully saturated rings. The first-order chi connectivity index (χ1) is 11.6. The zero-order valence-corrected chi connectivity index (χ0v) is 14.8. The first-order valence-corrected chi connectivity index (χ1v) is 9.37. The number of nitrogens with zero attached hydrogens (tertiary/aromatic N) is 1. The summed E-state index contributed by atoms with van der Waals surface area (Å²) in [5.74, 6) is -0.212. The van der Waals surface area contributed by atoms with Crippen LogP contribution in [0.1, 0.15) is 38.4 Å². The van der Waals surface area contributed by atoms with Crippen molar-refractivity contribution >= 4 is 34.4 Å². The third kappa shape index (κ3) is 4.27. The van der Waals surface area contributed by atoms with Crippen molar-refractivity contribution < 1.29 is 19.1 Å². The van der Waals surface area contributed by atoms with E-state index in [1.165, 1.54) is 29.6 Å². The molecule has 1 aliphatic heterocycles. The van der Waals surface area contributed by atoms with E-state index in [0.717, 1.165) is 5.69 Å². The van der Waals surface area contributed by atoms with Gasteiger partial charge in [0, 0.05) is 12.0 Å². The number of ketones is 1. The van der Waals surface area contributed by atoms with Gasteiger partial charge < -0.3 is 14.8 Å². The van der Waals surface area contributed by atoms with E-state index in [1.54, 1.807) is 17.6 Å². The highest BCUT2D eigenvalue weighted by Gasteiger charge is 2.29. The Bertz CT molecular complexity index is 699. The molecule has 24 heavy (non-hydrogen) atoms. The third-order valence-corrected chi connectivity index (χ3v) is 5.55. The van der Waals surface area contributed by atoms with E-state index in [-0.39, 0.29) is 23.8 Å². The molecule has 0 aromatic carbocycles. The summed E-state index contributed by atoms with van der Waals surface area (Å²) >= 11 is 2.73. The summed E-state index contributed by atoms with van der Waals surface area (Å²) in [4.78, 5) is 29.1. The second-order valence-corrected chi connectivity index (χ2v) is 7.30. The van der Waals surface area contributed by atoms with E-state index in [4.69, 9.17) is 9.47 Å². The van der Waals surface area contributed by atoms with Gasteiger partial charge in [-0.25, -0.2) is 4.98 Å². The Morgan fingerprint density at radius 3 is 2.96 bits per heavy atom. The molecule has 1 amide bonds. The number of Topliss-reactive ketones (excluding diaryl/α,β-unsaturated/α-hetero) is 1. The van der Waals surface area contributed by atoms with E-state index in [1.807, 2.05) is 5.38 Å². The van der Waals surface area contributed by atoms with E-state index in [9.17, 15) is 9.59 Å². The number of ether oxygens (including phenoxy) is 2. The van der Waals surface area contributed by atoms with Gasteiger partial charge >= 0.3 is 0 Å². The lowest BCUT2D eigenvalue weighted by atomic mass is 10.1. The van der Waals surface area contributed by atoms with Crippen molar-refractivity contribution in [1.82, 2.24) is 10.3 Å². The van der Waals surface area contributed by atoms with Crippen LogP contribution in [0.2, 0.25) is 0 Å². The van der Waals surface area contributed by atoms with Gasteiger partial charge in [0.25, 0.3) is 5.91 Å². The molecule has 1 saturated heterocycles. The average Bonchev–Trinajstić information content (AvgIpc) is 3.26. The molecule has 3 rings (SSSR count). The maximum atomic E-state index is 12.4. The molecule has 3 heterocycles. The average molecular weight is 366 g/mol. The van der Waals surface area contributed by atoms with Gasteiger partial charge in [0.15, 0.2) is 5.78 Å². The molecule has 0 aliphatic carbocycles. The van der Waals surface area contributed by atoms with Crippen LogP contribution in [-0.4, -0.2) is 42.0 Å². The molecule has 2 unspecified atom stereocenters. The quantitative estimate of drug-likeness (QED) is 0.795. The highest BCUT2D eigenvalue weighted by Crippen LogP contribution is 2.19. The summed E-state index contributed by atoms with van der Waals surface area (Å²) in [6.45, 7) is 2.93. The minimum Gasteiger partial charge on any atom is -0.379 e. The van der Waals surface area contributed by atoms with Crippen LogP contribution in [0, 0.1) is 0 Å². The molecular formula is C16H18N2O4S2. The van der Waals surface area contributed by atoms with Gasteiger partial charge in [-0.05, 0) is 25.5 Å². The van der Waals surface area contributed by atoms with Crippen LogP contribution in [0.4, 0.5) is 0 Å². The van der Waals surface area contributed by atoms with Crippen molar-refractivity contribution in [2.75, 3.05) is 13.2 Å². The van der Waals surface area contributed by atoms with Gasteiger partial charge in [-0.2, -0.15) is 0 Å². The van der Waals surface area contributed by atoms with E-state index >= 15 is 0 Å². The van der Waals surface area contributed by atoms with Crippen molar-refractivity contribution in [3.05, 3.63) is 38.5 Å². The topological polar surface area (TPSA) is 77.5 Å². The van der Waals surface area contributed by atoms with Crippen LogP contribution in [0.5, 0.6) is 0 Å². The van der Waals surface area contributed by atoms with Gasteiger partial charge in [-0.3, -0.25) is 9.59 Å². The molecule has 1 N–H and O–H groups in total. The van der Waals surface area contributed by atoms with Gasteiger partial charge in [0.05, 0.1) is 40.2 Å². The standard InChI is InChI=1S/C16H18N2O4S2/c1-10(19)14-2-3-15(24-14)16(20)18-12-4-5-21-7-13(12)22-6-11-8-23-9-17-11/h2-3,8-9,12-13H,4-7H2,1H3,(H,18,20). The number of carbonyl (C=O) groups is 2. The summed E-state index contributed by atoms with van der Waals surface area (Å²) < 4.78 is 11.3. The molecular weight excluding hydrogens is 348 g/mol. The van der Waals surface area contributed by atoms with Gasteiger partial charge in [-0.1, -0.05) is 0 Å². The number of thiophene rings is 1. The minimum atomic E-state index is -0.211. The normalized spacial score (nSPS) is 20.7. The van der Waals surface area contributed by atoms with E-state index in [2.05, 4.69) is 10.3 Å². The predicted octanol–water partition coefficient (Wildman–Crippen LogP) is 2.51. The third-order valence-electron chi connectivity index (χ3n) is 3.73. The van der Waals surface area contributed by atoms with E-state index < -0.39 is 0 Å². The Labute approximate surface area is 147 Å². The zero-order chi connectivity index (χ0) is 16.9. The first-order valence-electron chi connectivity index (χ1n) is 7.61. The number of carbonyl (C=O) groups excluding carboxylic acids is 2. The molecule has 6 nitrogen and oxygen atoms in total. The summed E-state index contributed by atoms with van der Waals surface area (Å²) in [6, 6.07) is 3.25. The SMILES string of the molecule is CC(=O)c1ccc(C(=O)NC2CCOCC2OCc2cscn2)s1. The fraction of sp³-hybridized carbons (Fsp3) is 0.438. The van der Waals surface area contributed by atoms with Gasteiger partial charge in [0.1, 0.15) is 6.10 Å². The highest BCUT2D eigenvalue weighted by atomic mass is 32.1. The van der Waals surface area contributed by atoms with Crippen LogP contribution in [0.3, 0.4) is 0 Å². The molecule has 0 radical (unpaired) electrons. The number of rotatable bonds is 6. The zero-order valence-electron chi connectivity index (χ0n) is 13.2. The smallest absolute Gasteiger partial charge is 0.261 e.